The van der Waals surface area contributed by atoms with Crippen molar-refractivity contribution in [2.45, 2.75) is 38.1 Å². The van der Waals surface area contributed by atoms with Crippen molar-refractivity contribution in [3.63, 3.8) is 0 Å². The van der Waals surface area contributed by atoms with Gasteiger partial charge in [0, 0.05) is 6.04 Å². The lowest BCUT2D eigenvalue weighted by atomic mass is 9.96. The molecule has 0 aliphatic heterocycles. The molecule has 0 heterocycles. The predicted molar refractivity (Wildman–Crippen MR) is 85.3 cm³/mol. The molecule has 1 aliphatic rings. The van der Waals surface area contributed by atoms with E-state index in [0.717, 1.165) is 25.7 Å². The molecule has 7 heteroatoms. The minimum atomic E-state index is -0.710. The fourth-order valence-electron chi connectivity index (χ4n) is 2.47. The summed E-state index contributed by atoms with van der Waals surface area (Å²) in [5.41, 5.74) is 0.175. The number of hydrogen-bond donors (Lipinski definition) is 2. The van der Waals surface area contributed by atoms with Gasteiger partial charge in [-0.2, -0.15) is 0 Å². The highest BCUT2D eigenvalue weighted by Crippen LogP contribution is 2.17. The third-order valence-corrected chi connectivity index (χ3v) is 3.95. The van der Waals surface area contributed by atoms with Crippen LogP contribution >= 0.6 is 11.6 Å². The number of halogens is 1. The van der Waals surface area contributed by atoms with Gasteiger partial charge in [-0.1, -0.05) is 43.0 Å². The van der Waals surface area contributed by atoms with Gasteiger partial charge in [-0.3, -0.25) is 10.1 Å². The number of rotatable bonds is 4. The Hall–Kier alpha value is -2.08. The summed E-state index contributed by atoms with van der Waals surface area (Å²) in [5, 5.41) is 5.14. The summed E-state index contributed by atoms with van der Waals surface area (Å²) in [6.45, 7) is -0.540. The van der Waals surface area contributed by atoms with Crippen LogP contribution in [0.4, 0.5) is 4.79 Å². The molecule has 0 unspecified atom stereocenters. The van der Waals surface area contributed by atoms with Gasteiger partial charge in [0.2, 0.25) is 0 Å². The van der Waals surface area contributed by atoms with E-state index in [2.05, 4.69) is 10.6 Å². The number of urea groups is 1. The highest BCUT2D eigenvalue weighted by Gasteiger charge is 2.18. The van der Waals surface area contributed by atoms with E-state index in [1.54, 1.807) is 18.2 Å². The Bertz CT molecular complexity index is 585. The maximum Gasteiger partial charge on any atom is 0.340 e. The molecule has 0 atom stereocenters. The SMILES string of the molecule is O=C(COC(=O)c1ccccc1Cl)NC(=O)NC1CCCCC1. The first-order valence-electron chi connectivity index (χ1n) is 7.58. The molecule has 0 bridgehead atoms. The van der Waals surface area contributed by atoms with Crippen LogP contribution in [0.2, 0.25) is 5.02 Å². The minimum absolute atomic E-state index is 0.0993. The molecule has 0 radical (unpaired) electrons. The molecule has 6 nitrogen and oxygen atoms in total. The predicted octanol–water partition coefficient (Wildman–Crippen LogP) is 2.66. The van der Waals surface area contributed by atoms with Crippen molar-refractivity contribution in [1.29, 1.82) is 0 Å². The normalized spacial score (nSPS) is 14.8. The summed E-state index contributed by atoms with van der Waals surface area (Å²) in [6, 6.07) is 5.91. The second-order valence-corrected chi connectivity index (χ2v) is 5.82. The Morgan fingerprint density at radius 1 is 1.13 bits per heavy atom. The third kappa shape index (κ3) is 5.56. The summed E-state index contributed by atoms with van der Waals surface area (Å²) >= 11 is 5.86. The van der Waals surface area contributed by atoms with Crippen molar-refractivity contribution in [3.8, 4) is 0 Å². The molecule has 3 amide bonds. The topological polar surface area (TPSA) is 84.5 Å². The second kappa shape index (κ2) is 8.53. The highest BCUT2D eigenvalue weighted by molar-refractivity contribution is 6.33. The van der Waals surface area contributed by atoms with Crippen LogP contribution in [0.1, 0.15) is 42.5 Å². The van der Waals surface area contributed by atoms with E-state index in [1.165, 1.54) is 12.5 Å². The number of benzene rings is 1. The van der Waals surface area contributed by atoms with Crippen LogP contribution in [0.5, 0.6) is 0 Å². The van der Waals surface area contributed by atoms with Gasteiger partial charge < -0.3 is 10.1 Å². The zero-order valence-electron chi connectivity index (χ0n) is 12.6. The maximum atomic E-state index is 11.8. The van der Waals surface area contributed by atoms with Crippen molar-refractivity contribution >= 4 is 29.5 Å². The number of ether oxygens (including phenoxy) is 1. The molecule has 124 valence electrons. The molecule has 2 rings (SSSR count). The maximum absolute atomic E-state index is 11.8. The lowest BCUT2D eigenvalue weighted by Gasteiger charge is -2.22. The molecule has 1 aliphatic carbocycles. The van der Waals surface area contributed by atoms with Crippen LogP contribution in [0, 0.1) is 0 Å². The number of hydrogen-bond acceptors (Lipinski definition) is 4. The Balaban J connectivity index is 1.73. The first-order chi connectivity index (χ1) is 11.1. The Labute approximate surface area is 139 Å². The summed E-state index contributed by atoms with van der Waals surface area (Å²) < 4.78 is 4.85. The largest absolute Gasteiger partial charge is 0.452 e. The Morgan fingerprint density at radius 2 is 1.83 bits per heavy atom. The first-order valence-corrected chi connectivity index (χ1v) is 7.96. The molecule has 1 aromatic carbocycles. The molecular weight excluding hydrogens is 320 g/mol. The van der Waals surface area contributed by atoms with Gasteiger partial charge in [0.1, 0.15) is 0 Å². The van der Waals surface area contributed by atoms with Crippen molar-refractivity contribution in [2.75, 3.05) is 6.61 Å². The molecule has 0 aromatic heterocycles. The standard InChI is InChI=1S/C16H19ClN2O4/c17-13-9-5-4-8-12(13)15(21)23-10-14(20)19-16(22)18-11-6-2-1-3-7-11/h4-5,8-9,11H,1-3,6-7,10H2,(H2,18,19,20,22). The highest BCUT2D eigenvalue weighted by atomic mass is 35.5. The van der Waals surface area contributed by atoms with E-state index in [0.29, 0.717) is 0 Å². The fraction of sp³-hybridized carbons (Fsp3) is 0.438. The van der Waals surface area contributed by atoms with Crippen molar-refractivity contribution in [2.24, 2.45) is 0 Å². The summed E-state index contributed by atoms with van der Waals surface area (Å²) in [6.07, 6.45) is 5.17. The second-order valence-electron chi connectivity index (χ2n) is 5.41. The van der Waals surface area contributed by atoms with Gasteiger partial charge in [0.15, 0.2) is 6.61 Å². The molecule has 1 aromatic rings. The lowest BCUT2D eigenvalue weighted by Crippen LogP contribution is -2.46. The summed E-state index contributed by atoms with van der Waals surface area (Å²) in [4.78, 5) is 35.1. The fourth-order valence-corrected chi connectivity index (χ4v) is 2.68. The van der Waals surface area contributed by atoms with Crippen molar-refractivity contribution < 1.29 is 19.1 Å². The Kier molecular flexibility index (Phi) is 6.40. The molecule has 0 saturated heterocycles. The van der Waals surface area contributed by atoms with Gasteiger partial charge in [0.05, 0.1) is 10.6 Å². The molecule has 2 N–H and O–H groups in total. The van der Waals surface area contributed by atoms with Crippen LogP contribution in [0.25, 0.3) is 0 Å². The first kappa shape index (κ1) is 17.3. The van der Waals surface area contributed by atoms with Crippen LogP contribution in [-0.4, -0.2) is 30.6 Å². The number of amides is 3. The number of imide groups is 1. The quantitative estimate of drug-likeness (QED) is 0.826. The van der Waals surface area contributed by atoms with Crippen molar-refractivity contribution in [1.82, 2.24) is 10.6 Å². The van der Waals surface area contributed by atoms with E-state index >= 15 is 0 Å². The smallest absolute Gasteiger partial charge is 0.340 e. The van der Waals surface area contributed by atoms with E-state index < -0.39 is 24.5 Å². The zero-order chi connectivity index (χ0) is 16.7. The average Bonchev–Trinajstić information content (AvgIpc) is 2.54. The van der Waals surface area contributed by atoms with Crippen LogP contribution in [0.3, 0.4) is 0 Å². The number of nitrogens with one attached hydrogen (secondary N) is 2. The molecule has 1 saturated carbocycles. The van der Waals surface area contributed by atoms with Crippen LogP contribution in [-0.2, 0) is 9.53 Å². The van der Waals surface area contributed by atoms with Gasteiger partial charge in [-0.25, -0.2) is 9.59 Å². The van der Waals surface area contributed by atoms with E-state index in [-0.39, 0.29) is 16.6 Å². The summed E-state index contributed by atoms with van der Waals surface area (Å²) in [7, 11) is 0. The lowest BCUT2D eigenvalue weighted by molar-refractivity contribution is -0.123. The van der Waals surface area contributed by atoms with Gasteiger partial charge in [-0.15, -0.1) is 0 Å². The van der Waals surface area contributed by atoms with Crippen LogP contribution in [0.15, 0.2) is 24.3 Å². The average molecular weight is 339 g/mol. The molecular formula is C16H19ClN2O4. The van der Waals surface area contributed by atoms with E-state index in [4.69, 9.17) is 16.3 Å². The number of carbonyl (C=O) groups is 3. The molecule has 1 fully saturated rings. The molecule has 23 heavy (non-hydrogen) atoms. The van der Waals surface area contributed by atoms with Gasteiger partial charge in [-0.05, 0) is 25.0 Å². The minimum Gasteiger partial charge on any atom is -0.452 e. The zero-order valence-corrected chi connectivity index (χ0v) is 13.4. The van der Waals surface area contributed by atoms with Crippen molar-refractivity contribution in [3.05, 3.63) is 34.9 Å². The van der Waals surface area contributed by atoms with Crippen LogP contribution < -0.4 is 10.6 Å². The van der Waals surface area contributed by atoms with E-state index in [9.17, 15) is 14.4 Å². The number of esters is 1. The van der Waals surface area contributed by atoms with Gasteiger partial charge in [0.25, 0.3) is 5.91 Å². The summed E-state index contributed by atoms with van der Waals surface area (Å²) in [5.74, 6) is -1.39. The van der Waals surface area contributed by atoms with E-state index in [1.807, 2.05) is 0 Å². The Morgan fingerprint density at radius 3 is 2.52 bits per heavy atom. The number of carbonyl (C=O) groups excluding carboxylic acids is 3. The third-order valence-electron chi connectivity index (χ3n) is 3.62. The molecule has 0 spiro atoms. The monoisotopic (exact) mass is 338 g/mol. The van der Waals surface area contributed by atoms with Gasteiger partial charge >= 0.3 is 12.0 Å².